The first kappa shape index (κ1) is 12.7. The Balaban J connectivity index is 2.22. The predicted molar refractivity (Wildman–Crippen MR) is 67.6 cm³/mol. The molecule has 5 heteroatoms. The molecule has 0 radical (unpaired) electrons. The van der Waals surface area contributed by atoms with Crippen molar-refractivity contribution in [3.63, 3.8) is 0 Å². The third kappa shape index (κ3) is 2.72. The van der Waals surface area contributed by atoms with Gasteiger partial charge in [0.05, 0.1) is 5.56 Å². The largest absolute Gasteiger partial charge is 0.494 e. The number of aromatic nitrogens is 1. The van der Waals surface area contributed by atoms with Crippen molar-refractivity contribution in [3.05, 3.63) is 28.0 Å². The number of likely N-dealkylation sites (tertiary alicyclic amines) is 1. The quantitative estimate of drug-likeness (QED) is 0.786. The van der Waals surface area contributed by atoms with Crippen LogP contribution in [0.1, 0.15) is 30.6 Å². The van der Waals surface area contributed by atoms with Crippen molar-refractivity contribution in [2.24, 2.45) is 11.8 Å². The molecule has 2 heterocycles. The lowest BCUT2D eigenvalue weighted by Crippen LogP contribution is -2.42. The third-order valence-corrected chi connectivity index (χ3v) is 3.23. The van der Waals surface area contributed by atoms with Crippen LogP contribution in [0.2, 0.25) is 0 Å². The number of carbonyl (C=O) groups excluding carboxylic acids is 1. The van der Waals surface area contributed by atoms with Gasteiger partial charge in [0, 0.05) is 25.2 Å². The highest BCUT2D eigenvalue weighted by molar-refractivity contribution is 5.94. The van der Waals surface area contributed by atoms with Crippen molar-refractivity contribution < 1.29 is 9.90 Å². The van der Waals surface area contributed by atoms with Gasteiger partial charge < -0.3 is 10.0 Å². The molecule has 18 heavy (non-hydrogen) atoms. The molecule has 0 saturated carbocycles. The summed E-state index contributed by atoms with van der Waals surface area (Å²) in [5.41, 5.74) is -0.214. The Kier molecular flexibility index (Phi) is 3.41. The van der Waals surface area contributed by atoms with Gasteiger partial charge in [0.25, 0.3) is 11.5 Å². The number of H-pyrrole nitrogens is 1. The number of carbonyl (C=O) groups is 1. The Morgan fingerprint density at radius 3 is 2.50 bits per heavy atom. The van der Waals surface area contributed by atoms with E-state index >= 15 is 0 Å². The average Bonchev–Trinajstić information content (AvgIpc) is 2.25. The summed E-state index contributed by atoms with van der Waals surface area (Å²) in [6.45, 7) is 5.64. The number of aromatic hydroxyl groups is 1. The summed E-state index contributed by atoms with van der Waals surface area (Å²) in [6.07, 6.45) is 1.12. The molecular formula is C13H18N2O3. The van der Waals surface area contributed by atoms with Gasteiger partial charge in [-0.1, -0.05) is 13.8 Å². The molecule has 2 N–H and O–H groups in total. The second-order valence-corrected chi connectivity index (χ2v) is 5.27. The minimum atomic E-state index is -0.462. The van der Waals surface area contributed by atoms with E-state index in [1.807, 2.05) is 0 Å². The summed E-state index contributed by atoms with van der Waals surface area (Å²) in [5.74, 6) is 0.473. The van der Waals surface area contributed by atoms with Crippen LogP contribution in [0.3, 0.4) is 0 Å². The Bertz CT molecular complexity index is 499. The molecule has 1 fully saturated rings. The van der Waals surface area contributed by atoms with E-state index in [0.717, 1.165) is 6.42 Å². The molecule has 1 aromatic rings. The fourth-order valence-electron chi connectivity index (χ4n) is 2.66. The van der Waals surface area contributed by atoms with Gasteiger partial charge in [-0.15, -0.1) is 0 Å². The van der Waals surface area contributed by atoms with E-state index in [4.69, 9.17) is 0 Å². The first-order chi connectivity index (χ1) is 8.45. The molecule has 2 atom stereocenters. The topological polar surface area (TPSA) is 73.4 Å². The maximum absolute atomic E-state index is 12.3. The maximum atomic E-state index is 12.3. The summed E-state index contributed by atoms with van der Waals surface area (Å²) < 4.78 is 0. The zero-order valence-electron chi connectivity index (χ0n) is 10.6. The van der Waals surface area contributed by atoms with Gasteiger partial charge in [-0.3, -0.25) is 14.6 Å². The molecule has 0 aliphatic carbocycles. The van der Waals surface area contributed by atoms with Crippen LogP contribution in [-0.4, -0.2) is 34.0 Å². The van der Waals surface area contributed by atoms with Crippen molar-refractivity contribution in [1.82, 2.24) is 9.88 Å². The van der Waals surface area contributed by atoms with E-state index in [1.165, 1.54) is 12.1 Å². The lowest BCUT2D eigenvalue weighted by molar-refractivity contribution is 0.0622. The van der Waals surface area contributed by atoms with E-state index in [-0.39, 0.29) is 17.4 Å². The SMILES string of the molecule is CC1CC(C)CN(C(=O)c2cc(O)[nH]c(=O)c2)C1. The molecular weight excluding hydrogens is 232 g/mol. The molecule has 1 aliphatic rings. The second kappa shape index (κ2) is 4.84. The first-order valence-corrected chi connectivity index (χ1v) is 6.18. The van der Waals surface area contributed by atoms with Crippen LogP contribution < -0.4 is 5.56 Å². The normalized spacial score (nSPS) is 24.0. The summed E-state index contributed by atoms with van der Waals surface area (Å²) >= 11 is 0. The highest BCUT2D eigenvalue weighted by Crippen LogP contribution is 2.22. The first-order valence-electron chi connectivity index (χ1n) is 6.18. The van der Waals surface area contributed by atoms with Crippen molar-refractivity contribution in [1.29, 1.82) is 0 Å². The van der Waals surface area contributed by atoms with Crippen molar-refractivity contribution in [2.75, 3.05) is 13.1 Å². The molecule has 2 unspecified atom stereocenters. The highest BCUT2D eigenvalue weighted by atomic mass is 16.3. The molecule has 5 nitrogen and oxygen atoms in total. The summed E-state index contributed by atoms with van der Waals surface area (Å²) in [7, 11) is 0. The van der Waals surface area contributed by atoms with Crippen LogP contribution in [-0.2, 0) is 0 Å². The van der Waals surface area contributed by atoms with E-state index in [2.05, 4.69) is 18.8 Å². The van der Waals surface area contributed by atoms with Crippen molar-refractivity contribution in [2.45, 2.75) is 20.3 Å². The molecule has 0 aromatic carbocycles. The van der Waals surface area contributed by atoms with Crippen LogP contribution in [0.25, 0.3) is 0 Å². The van der Waals surface area contributed by atoms with Gasteiger partial charge in [-0.05, 0) is 18.3 Å². The van der Waals surface area contributed by atoms with Crippen LogP contribution in [0.15, 0.2) is 16.9 Å². The summed E-state index contributed by atoms with van der Waals surface area (Å²) in [4.78, 5) is 27.5. The van der Waals surface area contributed by atoms with Gasteiger partial charge >= 0.3 is 0 Å². The number of hydrogen-bond donors (Lipinski definition) is 2. The highest BCUT2D eigenvalue weighted by Gasteiger charge is 2.26. The zero-order chi connectivity index (χ0) is 13.3. The lowest BCUT2D eigenvalue weighted by atomic mass is 9.91. The number of rotatable bonds is 1. The summed E-state index contributed by atoms with van der Waals surface area (Å²) in [6, 6.07) is 2.53. The number of nitrogens with zero attached hydrogens (tertiary/aromatic N) is 1. The van der Waals surface area contributed by atoms with Crippen LogP contribution in [0, 0.1) is 11.8 Å². The molecule has 1 amide bonds. The van der Waals surface area contributed by atoms with E-state index in [1.54, 1.807) is 4.90 Å². The minimum Gasteiger partial charge on any atom is -0.494 e. The van der Waals surface area contributed by atoms with E-state index in [9.17, 15) is 14.7 Å². The number of pyridine rings is 1. The van der Waals surface area contributed by atoms with Gasteiger partial charge in [0.2, 0.25) is 0 Å². The number of aromatic amines is 1. The average molecular weight is 250 g/mol. The monoisotopic (exact) mass is 250 g/mol. The molecule has 1 saturated heterocycles. The van der Waals surface area contributed by atoms with E-state index in [0.29, 0.717) is 24.9 Å². The molecule has 1 aromatic heterocycles. The number of piperidine rings is 1. The van der Waals surface area contributed by atoms with E-state index < -0.39 is 5.56 Å². The van der Waals surface area contributed by atoms with Crippen molar-refractivity contribution >= 4 is 5.91 Å². The van der Waals surface area contributed by atoms with Crippen molar-refractivity contribution in [3.8, 4) is 5.88 Å². The summed E-state index contributed by atoms with van der Waals surface area (Å²) in [5, 5.41) is 9.32. The maximum Gasteiger partial charge on any atom is 0.254 e. The van der Waals surface area contributed by atoms with Crippen LogP contribution in [0.4, 0.5) is 0 Å². The lowest BCUT2D eigenvalue weighted by Gasteiger charge is -2.35. The molecule has 0 bridgehead atoms. The third-order valence-electron chi connectivity index (χ3n) is 3.23. The van der Waals surface area contributed by atoms with Crippen LogP contribution in [0.5, 0.6) is 5.88 Å². The Labute approximate surface area is 105 Å². The minimum absolute atomic E-state index is 0.185. The predicted octanol–water partition coefficient (Wildman–Crippen LogP) is 1.20. The molecule has 1 aliphatic heterocycles. The fraction of sp³-hybridized carbons (Fsp3) is 0.538. The molecule has 2 rings (SSSR count). The molecule has 0 spiro atoms. The Morgan fingerprint density at radius 2 is 1.94 bits per heavy atom. The van der Waals surface area contributed by atoms with Gasteiger partial charge in [0.15, 0.2) is 5.88 Å². The Hall–Kier alpha value is -1.78. The second-order valence-electron chi connectivity index (χ2n) is 5.27. The standard InChI is InChI=1S/C13H18N2O3/c1-8-3-9(2)7-15(6-8)13(18)10-4-11(16)14-12(17)5-10/h4-5,8-9H,3,6-7H2,1-2H3,(H2,14,16,17). The zero-order valence-corrected chi connectivity index (χ0v) is 10.6. The molecule has 98 valence electrons. The number of nitrogens with one attached hydrogen (secondary N) is 1. The van der Waals surface area contributed by atoms with Gasteiger partial charge in [-0.2, -0.15) is 0 Å². The van der Waals surface area contributed by atoms with Crippen LogP contribution >= 0.6 is 0 Å². The van der Waals surface area contributed by atoms with Gasteiger partial charge in [0.1, 0.15) is 0 Å². The van der Waals surface area contributed by atoms with Gasteiger partial charge in [-0.25, -0.2) is 0 Å². The smallest absolute Gasteiger partial charge is 0.254 e. The number of hydrogen-bond acceptors (Lipinski definition) is 3. The number of amides is 1. The Morgan fingerprint density at radius 1 is 1.33 bits per heavy atom. The fourth-order valence-corrected chi connectivity index (χ4v) is 2.66.